The van der Waals surface area contributed by atoms with E-state index < -0.39 is 30.2 Å². The summed E-state index contributed by atoms with van der Waals surface area (Å²) in [5.74, 6) is -2.30. The van der Waals surface area contributed by atoms with Crippen molar-refractivity contribution in [2.45, 2.75) is 12.5 Å². The molecule has 132 valence electrons. The third-order valence-electron chi connectivity index (χ3n) is 3.78. The van der Waals surface area contributed by atoms with Crippen molar-refractivity contribution >= 4 is 28.7 Å². The van der Waals surface area contributed by atoms with E-state index in [2.05, 4.69) is 10.5 Å². The molecule has 1 heterocycles. The predicted molar refractivity (Wildman–Crippen MR) is 92.1 cm³/mol. The number of carboxylic acids is 1. The number of carbonyl (C=O) groups excluding carboxylic acids is 2. The molecule has 0 radical (unpaired) electrons. The van der Waals surface area contributed by atoms with Crippen LogP contribution in [0, 0.1) is 0 Å². The molecule has 0 aliphatic heterocycles. The van der Waals surface area contributed by atoms with Crippen molar-refractivity contribution in [2.24, 2.45) is 5.73 Å². The van der Waals surface area contributed by atoms with Crippen molar-refractivity contribution in [1.29, 1.82) is 0 Å². The number of amides is 2. The number of hydrogen-bond acceptors (Lipinski definition) is 5. The van der Waals surface area contributed by atoms with Crippen LogP contribution < -0.4 is 11.1 Å². The second-order valence-corrected chi connectivity index (χ2v) is 5.64. The van der Waals surface area contributed by atoms with Gasteiger partial charge in [0.2, 0.25) is 5.91 Å². The molecule has 1 aromatic heterocycles. The lowest BCUT2D eigenvalue weighted by Crippen LogP contribution is -2.43. The Hall–Kier alpha value is -3.68. The first-order chi connectivity index (χ1) is 12.5. The number of aromatic nitrogens is 1. The highest BCUT2D eigenvalue weighted by atomic mass is 16.5. The summed E-state index contributed by atoms with van der Waals surface area (Å²) in [6, 6.07) is 12.5. The Balaban J connectivity index is 1.92. The van der Waals surface area contributed by atoms with Crippen LogP contribution in [-0.4, -0.2) is 34.1 Å². The van der Waals surface area contributed by atoms with Crippen LogP contribution in [0.2, 0.25) is 0 Å². The maximum Gasteiger partial charge on any atom is 0.326 e. The molecule has 0 saturated carbocycles. The van der Waals surface area contributed by atoms with E-state index in [-0.39, 0.29) is 5.56 Å². The number of nitrogens with two attached hydrogens (primary N) is 1. The van der Waals surface area contributed by atoms with Gasteiger partial charge in [0.15, 0.2) is 5.76 Å². The lowest BCUT2D eigenvalue weighted by Gasteiger charge is -2.12. The molecule has 8 nitrogen and oxygen atoms in total. The molecule has 1 atom stereocenters. The summed E-state index contributed by atoms with van der Waals surface area (Å²) in [4.78, 5) is 34.5. The van der Waals surface area contributed by atoms with E-state index in [1.165, 1.54) is 6.07 Å². The molecule has 2 aromatic carbocycles. The number of hydrogen-bond donors (Lipinski definition) is 3. The largest absolute Gasteiger partial charge is 0.480 e. The number of nitrogens with zero attached hydrogens (tertiary/aromatic N) is 1. The van der Waals surface area contributed by atoms with Crippen LogP contribution in [0.4, 0.5) is 0 Å². The van der Waals surface area contributed by atoms with Crippen LogP contribution in [0.5, 0.6) is 0 Å². The Morgan fingerprint density at radius 2 is 1.88 bits per heavy atom. The van der Waals surface area contributed by atoms with Crippen molar-refractivity contribution in [3.8, 4) is 11.3 Å². The fourth-order valence-electron chi connectivity index (χ4n) is 2.52. The topological polar surface area (TPSA) is 136 Å². The zero-order valence-corrected chi connectivity index (χ0v) is 13.5. The molecule has 2 amide bonds. The minimum atomic E-state index is -1.40. The SMILES string of the molecule is NC(=O)CC(NC(=O)c1ccc2noc(-c3ccccc3)c2c1)C(=O)O. The number of nitrogens with one attached hydrogen (secondary N) is 1. The fraction of sp³-hybridized carbons (Fsp3) is 0.111. The summed E-state index contributed by atoms with van der Waals surface area (Å²) < 4.78 is 5.37. The number of fused-ring (bicyclic) bond motifs is 1. The summed E-state index contributed by atoms with van der Waals surface area (Å²) in [7, 11) is 0. The lowest BCUT2D eigenvalue weighted by atomic mass is 10.1. The van der Waals surface area contributed by atoms with Crippen molar-refractivity contribution < 1.29 is 24.0 Å². The van der Waals surface area contributed by atoms with Gasteiger partial charge in [0, 0.05) is 11.1 Å². The minimum absolute atomic E-state index is 0.216. The third kappa shape index (κ3) is 3.54. The van der Waals surface area contributed by atoms with Gasteiger partial charge in [-0.1, -0.05) is 35.5 Å². The van der Waals surface area contributed by atoms with Gasteiger partial charge < -0.3 is 20.7 Å². The zero-order valence-electron chi connectivity index (χ0n) is 13.5. The molecule has 0 bridgehead atoms. The van der Waals surface area contributed by atoms with E-state index in [0.29, 0.717) is 16.7 Å². The minimum Gasteiger partial charge on any atom is -0.480 e. The van der Waals surface area contributed by atoms with Crippen LogP contribution in [0.1, 0.15) is 16.8 Å². The first kappa shape index (κ1) is 17.2. The molecule has 0 saturated heterocycles. The first-order valence-electron chi connectivity index (χ1n) is 7.72. The Morgan fingerprint density at radius 3 is 2.54 bits per heavy atom. The summed E-state index contributed by atoms with van der Waals surface area (Å²) >= 11 is 0. The zero-order chi connectivity index (χ0) is 18.7. The van der Waals surface area contributed by atoms with E-state index in [1.54, 1.807) is 12.1 Å². The smallest absolute Gasteiger partial charge is 0.326 e. The molecule has 4 N–H and O–H groups in total. The highest BCUT2D eigenvalue weighted by Gasteiger charge is 2.23. The Labute approximate surface area is 147 Å². The van der Waals surface area contributed by atoms with Gasteiger partial charge in [-0.3, -0.25) is 9.59 Å². The molecule has 3 aromatic rings. The fourth-order valence-corrected chi connectivity index (χ4v) is 2.52. The number of aliphatic carboxylic acids is 1. The summed E-state index contributed by atoms with van der Waals surface area (Å²) in [6.45, 7) is 0. The van der Waals surface area contributed by atoms with E-state index in [0.717, 1.165) is 5.56 Å². The van der Waals surface area contributed by atoms with Gasteiger partial charge in [-0.2, -0.15) is 0 Å². The number of primary amides is 1. The Kier molecular flexibility index (Phi) is 4.66. The highest BCUT2D eigenvalue weighted by molar-refractivity contribution is 6.02. The molecule has 1 unspecified atom stereocenters. The lowest BCUT2D eigenvalue weighted by molar-refractivity contribution is -0.140. The molecule has 0 fully saturated rings. The van der Waals surface area contributed by atoms with Crippen molar-refractivity contribution in [1.82, 2.24) is 10.5 Å². The van der Waals surface area contributed by atoms with E-state index >= 15 is 0 Å². The molecule has 0 aliphatic carbocycles. The molecular weight excluding hydrogens is 338 g/mol. The maximum absolute atomic E-state index is 12.4. The van der Waals surface area contributed by atoms with Crippen molar-refractivity contribution in [3.05, 3.63) is 54.1 Å². The van der Waals surface area contributed by atoms with Crippen molar-refractivity contribution in [2.75, 3.05) is 0 Å². The van der Waals surface area contributed by atoms with Gasteiger partial charge in [0.05, 0.1) is 11.8 Å². The first-order valence-corrected chi connectivity index (χ1v) is 7.72. The molecule has 0 spiro atoms. The van der Waals surface area contributed by atoms with E-state index in [9.17, 15) is 14.4 Å². The summed E-state index contributed by atoms with van der Waals surface area (Å²) in [5.41, 5.74) is 6.59. The Morgan fingerprint density at radius 1 is 1.15 bits per heavy atom. The molecule has 8 heteroatoms. The van der Waals surface area contributed by atoms with Crippen LogP contribution in [0.25, 0.3) is 22.2 Å². The van der Waals surface area contributed by atoms with Gasteiger partial charge in [0.1, 0.15) is 11.6 Å². The van der Waals surface area contributed by atoms with Crippen molar-refractivity contribution in [3.63, 3.8) is 0 Å². The van der Waals surface area contributed by atoms with Crippen LogP contribution in [-0.2, 0) is 9.59 Å². The van der Waals surface area contributed by atoms with Gasteiger partial charge in [-0.15, -0.1) is 0 Å². The molecule has 3 rings (SSSR count). The maximum atomic E-state index is 12.4. The average Bonchev–Trinajstić information content (AvgIpc) is 3.04. The van der Waals surface area contributed by atoms with Gasteiger partial charge in [0.25, 0.3) is 5.91 Å². The predicted octanol–water partition coefficient (Wildman–Crippen LogP) is 1.55. The number of carboxylic acid groups (broad SMARTS) is 1. The second kappa shape index (κ2) is 7.06. The highest BCUT2D eigenvalue weighted by Crippen LogP contribution is 2.29. The van der Waals surface area contributed by atoms with Gasteiger partial charge in [-0.25, -0.2) is 4.79 Å². The second-order valence-electron chi connectivity index (χ2n) is 5.64. The summed E-state index contributed by atoms with van der Waals surface area (Å²) in [6.07, 6.45) is -0.494. The number of rotatable bonds is 6. The number of benzene rings is 2. The molecule has 0 aliphatic rings. The van der Waals surface area contributed by atoms with Crippen LogP contribution in [0.3, 0.4) is 0 Å². The van der Waals surface area contributed by atoms with Crippen LogP contribution in [0.15, 0.2) is 53.1 Å². The van der Waals surface area contributed by atoms with E-state index in [4.69, 9.17) is 15.4 Å². The van der Waals surface area contributed by atoms with Gasteiger partial charge in [-0.05, 0) is 18.2 Å². The monoisotopic (exact) mass is 353 g/mol. The van der Waals surface area contributed by atoms with Gasteiger partial charge >= 0.3 is 5.97 Å². The molecular formula is C18H15N3O5. The average molecular weight is 353 g/mol. The van der Waals surface area contributed by atoms with E-state index in [1.807, 2.05) is 30.3 Å². The third-order valence-corrected chi connectivity index (χ3v) is 3.78. The summed E-state index contributed by atoms with van der Waals surface area (Å²) in [5, 5.41) is 16.0. The molecule has 26 heavy (non-hydrogen) atoms. The standard InChI is InChI=1S/C18H15N3O5/c19-15(22)9-14(18(24)25)20-17(23)11-6-7-13-12(8-11)16(26-21-13)10-4-2-1-3-5-10/h1-8,14H,9H2,(H2,19,22)(H,20,23)(H,24,25). The Bertz CT molecular complexity index is 981. The quantitative estimate of drug-likeness (QED) is 0.615. The number of carbonyl (C=O) groups is 3. The van der Waals surface area contributed by atoms with Crippen LogP contribution >= 0.6 is 0 Å². The normalized spacial score (nSPS) is 11.8.